The van der Waals surface area contributed by atoms with Gasteiger partial charge >= 0.3 is 0 Å². The van der Waals surface area contributed by atoms with Crippen LogP contribution in [-0.4, -0.2) is 50.0 Å². The first-order chi connectivity index (χ1) is 28.6. The molecule has 0 unspecified atom stereocenters. The Morgan fingerprint density at radius 3 is 1.27 bits per heavy atom. The zero-order valence-electron chi connectivity index (χ0n) is 36.8. The van der Waals surface area contributed by atoms with Gasteiger partial charge in [0.05, 0.1) is 26.5 Å². The van der Waals surface area contributed by atoms with Gasteiger partial charge in [-0.1, -0.05) is 126 Å². The Hall–Kier alpha value is -4.28. The molecule has 2 aromatic carbocycles. The molecule has 5 N–H and O–H groups in total. The molecule has 2 aromatic rings. The molecule has 2 rings (SSSR count). The summed E-state index contributed by atoms with van der Waals surface area (Å²) in [6.07, 6.45) is 18.1. The van der Waals surface area contributed by atoms with E-state index in [4.69, 9.17) is 28.3 Å². The van der Waals surface area contributed by atoms with E-state index >= 15 is 0 Å². The number of carbonyl (C=O) groups excluding carboxylic acids is 2. The normalized spacial score (nSPS) is 9.27. The van der Waals surface area contributed by atoms with Crippen LogP contribution in [0.5, 0.6) is 23.0 Å². The maximum absolute atomic E-state index is 11.0. The molecule has 0 heterocycles. The van der Waals surface area contributed by atoms with Crippen molar-refractivity contribution in [1.29, 1.82) is 0 Å². The van der Waals surface area contributed by atoms with E-state index < -0.39 is 0 Å². The topological polar surface area (TPSA) is 135 Å². The Labute approximate surface area is 379 Å². The van der Waals surface area contributed by atoms with Crippen molar-refractivity contribution in [2.45, 2.75) is 145 Å². The van der Waals surface area contributed by atoms with Crippen molar-refractivity contribution < 1.29 is 35.1 Å². The predicted octanol–water partition coefficient (Wildman–Crippen LogP) is 12.9. The van der Waals surface area contributed by atoms with Gasteiger partial charge in [0.15, 0.2) is 12.6 Å². The van der Waals surface area contributed by atoms with E-state index in [-0.39, 0.29) is 74.7 Å². The maximum Gasteiger partial charge on any atom is 0.154 e. The van der Waals surface area contributed by atoms with E-state index in [0.717, 1.165) is 56.7 Å². The third-order valence-electron chi connectivity index (χ3n) is 8.40. The molecule has 7 nitrogen and oxygen atoms in total. The zero-order chi connectivity index (χ0) is 45.9. The van der Waals surface area contributed by atoms with Crippen LogP contribution in [0.1, 0.15) is 162 Å². The smallest absolute Gasteiger partial charge is 0.154 e. The first-order valence-corrected chi connectivity index (χ1v) is 22.1. The number of aldehydes is 2. The molecule has 0 fully saturated rings. The van der Waals surface area contributed by atoms with Gasteiger partial charge in [-0.05, 0) is 78.4 Å². The van der Waals surface area contributed by atoms with Crippen LogP contribution in [0.2, 0.25) is 10.0 Å². The number of phenols is 4. The molecular formula is C50H65BrCl2O7. The Kier molecular flexibility index (Phi) is 35.2. The lowest BCUT2D eigenvalue weighted by atomic mass is 10.0. The fraction of sp³-hybridized carbons (Fsp3) is 0.480. The number of rotatable bonds is 14. The lowest BCUT2D eigenvalue weighted by Gasteiger charge is -2.11. The summed E-state index contributed by atoms with van der Waals surface area (Å²) in [7, 11) is 0. The van der Waals surface area contributed by atoms with Crippen molar-refractivity contribution in [2.24, 2.45) is 0 Å². The summed E-state index contributed by atoms with van der Waals surface area (Å²) in [6.45, 7) is 15.6. The average Bonchev–Trinajstić information content (AvgIpc) is 3.22. The number of hydrogen-bond acceptors (Lipinski definition) is 7. The summed E-state index contributed by atoms with van der Waals surface area (Å²) >= 11 is 15.2. The van der Waals surface area contributed by atoms with Gasteiger partial charge in [-0.3, -0.25) is 9.59 Å². The van der Waals surface area contributed by atoms with Gasteiger partial charge in [0.25, 0.3) is 0 Å². The first-order valence-electron chi connectivity index (χ1n) is 20.2. The zero-order valence-corrected chi connectivity index (χ0v) is 39.9. The summed E-state index contributed by atoms with van der Waals surface area (Å²) in [5.74, 6) is 22.3. The number of halogens is 3. The minimum Gasteiger partial charge on any atom is -0.507 e. The van der Waals surface area contributed by atoms with E-state index in [1.165, 1.54) is 30.4 Å². The SMILES string of the molecule is CC(C)=CCCC#CCO.CC(C)=CCCC#CCc1c(O)c(Cl)c(C)c(C=O)c1O.CCCCCC#CCBr.CCCCCC#CCc1c(O)c(Cl)c(C)c(C=O)c1O. The molecule has 0 saturated carbocycles. The van der Waals surface area contributed by atoms with E-state index in [1.807, 2.05) is 13.8 Å². The van der Waals surface area contributed by atoms with Crippen molar-refractivity contribution in [1.82, 2.24) is 0 Å². The molecule has 0 saturated heterocycles. The van der Waals surface area contributed by atoms with Gasteiger partial charge in [0, 0.05) is 49.7 Å². The third kappa shape index (κ3) is 24.7. The van der Waals surface area contributed by atoms with Crippen LogP contribution in [0.3, 0.4) is 0 Å². The fourth-order valence-electron chi connectivity index (χ4n) is 4.94. The van der Waals surface area contributed by atoms with Gasteiger partial charge in [0.1, 0.15) is 29.6 Å². The molecule has 0 aromatic heterocycles. The Balaban J connectivity index is 0. The van der Waals surface area contributed by atoms with Gasteiger partial charge < -0.3 is 25.5 Å². The van der Waals surface area contributed by atoms with Crippen molar-refractivity contribution in [3.05, 3.63) is 66.7 Å². The molecule has 0 atom stereocenters. The Morgan fingerprint density at radius 2 is 0.933 bits per heavy atom. The molecule has 328 valence electrons. The van der Waals surface area contributed by atoms with Crippen LogP contribution >= 0.6 is 39.1 Å². The van der Waals surface area contributed by atoms with Crippen molar-refractivity contribution in [2.75, 3.05) is 11.9 Å². The van der Waals surface area contributed by atoms with Crippen LogP contribution < -0.4 is 0 Å². The minimum absolute atomic E-state index is 0.0190. The summed E-state index contributed by atoms with van der Waals surface area (Å²) in [4.78, 5) is 22.0. The molecule has 0 aliphatic carbocycles. The standard InChI is InChI=1S/C17H19ClO3.C16H19ClO3.C9H14O.C8H13Br/c1-11(2)8-6-4-5-7-9-13-16(20)14(10-19)12(3)15(18)17(13)21;1-3-4-5-6-7-8-9-12-15(19)13(10-18)11(2)14(17)16(12)20;1-9(2)7-5-3-4-6-8-10;1-2-3-4-5-6-7-8-9/h8,10,20-21H,4,6,9H2,1-3H3;10,19-20H,3-6,9H2,1-2H3;7,10H,3,5,8H2,1-2H3;2-5,8H2,1H3. The quantitative estimate of drug-likeness (QED) is 0.0419. The third-order valence-corrected chi connectivity index (χ3v) is 9.61. The number of unbranched alkanes of at least 4 members (excludes halogenated alkanes) is 8. The predicted molar refractivity (Wildman–Crippen MR) is 255 cm³/mol. The first kappa shape index (κ1) is 57.8. The van der Waals surface area contributed by atoms with Gasteiger partial charge in [-0.2, -0.15) is 0 Å². The Morgan fingerprint density at radius 1 is 0.567 bits per heavy atom. The second kappa shape index (κ2) is 36.6. The minimum atomic E-state index is -0.247. The molecular weight excluding hydrogens is 863 g/mol. The number of alkyl halides is 1. The number of hydrogen-bond donors (Lipinski definition) is 5. The van der Waals surface area contributed by atoms with E-state index in [0.29, 0.717) is 30.1 Å². The summed E-state index contributed by atoms with van der Waals surface area (Å²) in [5, 5.41) is 49.2. The summed E-state index contributed by atoms with van der Waals surface area (Å²) in [6, 6.07) is 0. The largest absolute Gasteiger partial charge is 0.507 e. The molecule has 0 radical (unpaired) electrons. The molecule has 0 amide bonds. The summed E-state index contributed by atoms with van der Waals surface area (Å²) < 4.78 is 0. The van der Waals surface area contributed by atoms with Crippen LogP contribution in [0.25, 0.3) is 0 Å². The molecule has 0 bridgehead atoms. The number of allylic oxidation sites excluding steroid dienone is 4. The van der Waals surface area contributed by atoms with E-state index in [2.05, 4.69) is 103 Å². The number of phenolic OH excluding ortho intramolecular Hbond substituents is 4. The fourth-order valence-corrected chi connectivity index (χ4v) is 5.57. The van der Waals surface area contributed by atoms with E-state index in [9.17, 15) is 30.0 Å². The second-order valence-electron chi connectivity index (χ2n) is 13.9. The highest BCUT2D eigenvalue weighted by Gasteiger charge is 2.20. The number of aliphatic hydroxyl groups excluding tert-OH is 1. The molecule has 0 aliphatic rings. The van der Waals surface area contributed by atoms with Gasteiger partial charge in [-0.25, -0.2) is 0 Å². The van der Waals surface area contributed by atoms with Crippen molar-refractivity contribution in [3.8, 4) is 70.4 Å². The molecule has 0 aliphatic heterocycles. The average molecular weight is 929 g/mol. The highest BCUT2D eigenvalue weighted by molar-refractivity contribution is 9.09. The number of aliphatic hydroxyl groups is 1. The number of benzene rings is 2. The van der Waals surface area contributed by atoms with Crippen molar-refractivity contribution in [3.63, 3.8) is 0 Å². The van der Waals surface area contributed by atoms with Crippen LogP contribution in [-0.2, 0) is 12.8 Å². The molecule has 60 heavy (non-hydrogen) atoms. The Bertz CT molecular complexity index is 1950. The van der Waals surface area contributed by atoms with Crippen LogP contribution in [0, 0.1) is 61.2 Å². The monoisotopic (exact) mass is 926 g/mol. The lowest BCUT2D eigenvalue weighted by Crippen LogP contribution is -1.96. The second-order valence-corrected chi connectivity index (χ2v) is 15.2. The van der Waals surface area contributed by atoms with Gasteiger partial charge in [-0.15, -0.1) is 23.7 Å². The highest BCUT2D eigenvalue weighted by Crippen LogP contribution is 2.41. The number of carbonyl (C=O) groups is 2. The summed E-state index contributed by atoms with van der Waals surface area (Å²) in [5.41, 5.74) is 3.92. The highest BCUT2D eigenvalue weighted by atomic mass is 79.9. The number of aromatic hydroxyl groups is 4. The van der Waals surface area contributed by atoms with E-state index in [1.54, 1.807) is 13.8 Å². The van der Waals surface area contributed by atoms with Crippen LogP contribution in [0.4, 0.5) is 0 Å². The van der Waals surface area contributed by atoms with Crippen LogP contribution in [0.15, 0.2) is 23.3 Å². The lowest BCUT2D eigenvalue weighted by molar-refractivity contribution is 0.111. The maximum atomic E-state index is 11.0. The molecule has 0 spiro atoms. The van der Waals surface area contributed by atoms with Crippen molar-refractivity contribution >= 4 is 51.7 Å². The molecule has 10 heteroatoms. The van der Waals surface area contributed by atoms with Gasteiger partial charge in [0.2, 0.25) is 0 Å².